The van der Waals surface area contributed by atoms with Crippen molar-refractivity contribution in [2.24, 2.45) is 21.8 Å². The Kier molecular flexibility index (Phi) is 4.37. The number of benzene rings is 1. The number of fused-ring (bicyclic) bond motifs is 2. The van der Waals surface area contributed by atoms with Gasteiger partial charge in [-0.25, -0.2) is 5.43 Å². The van der Waals surface area contributed by atoms with Crippen molar-refractivity contribution < 1.29 is 14.0 Å². The van der Waals surface area contributed by atoms with E-state index in [4.69, 9.17) is 4.42 Å². The highest BCUT2D eigenvalue weighted by atomic mass is 16.3. The molecule has 2 bridgehead atoms. The lowest BCUT2D eigenvalue weighted by atomic mass is 9.70. The first-order chi connectivity index (χ1) is 13.3. The van der Waals surface area contributed by atoms with Crippen LogP contribution in [0.15, 0.2) is 52.2 Å². The molecule has 2 saturated carbocycles. The summed E-state index contributed by atoms with van der Waals surface area (Å²) in [7, 11) is 0. The summed E-state index contributed by atoms with van der Waals surface area (Å²) < 4.78 is 5.06. The summed E-state index contributed by atoms with van der Waals surface area (Å²) in [4.78, 5) is 24.5. The van der Waals surface area contributed by atoms with Crippen molar-refractivity contribution in [1.29, 1.82) is 0 Å². The van der Waals surface area contributed by atoms with E-state index in [0.29, 0.717) is 17.2 Å². The normalized spacial score (nSPS) is 26.4. The fourth-order valence-corrected chi connectivity index (χ4v) is 4.59. The SMILES string of the molecule is CC1(C)[C@H]2CC[C@@]1(C)/C(=N/NC(=O)c1ccc(NC(=O)c3ccco3)cc1)C2. The van der Waals surface area contributed by atoms with Gasteiger partial charge in [0.15, 0.2) is 5.76 Å². The van der Waals surface area contributed by atoms with Crippen LogP contribution in [-0.2, 0) is 0 Å². The van der Waals surface area contributed by atoms with Gasteiger partial charge in [0.1, 0.15) is 0 Å². The van der Waals surface area contributed by atoms with Crippen LogP contribution in [0, 0.1) is 16.7 Å². The summed E-state index contributed by atoms with van der Waals surface area (Å²) in [5, 5.41) is 7.22. The molecule has 0 radical (unpaired) electrons. The molecule has 2 aliphatic rings. The van der Waals surface area contributed by atoms with Crippen molar-refractivity contribution in [3.63, 3.8) is 0 Å². The van der Waals surface area contributed by atoms with E-state index in [2.05, 4.69) is 36.6 Å². The van der Waals surface area contributed by atoms with Crippen LogP contribution in [0.3, 0.4) is 0 Å². The summed E-state index contributed by atoms with van der Waals surface area (Å²) in [6.45, 7) is 6.89. The third kappa shape index (κ3) is 2.93. The van der Waals surface area contributed by atoms with Gasteiger partial charge in [0.25, 0.3) is 11.8 Å². The van der Waals surface area contributed by atoms with Gasteiger partial charge < -0.3 is 9.73 Å². The van der Waals surface area contributed by atoms with Crippen molar-refractivity contribution in [1.82, 2.24) is 5.43 Å². The van der Waals surface area contributed by atoms with E-state index in [-0.39, 0.29) is 28.4 Å². The Morgan fingerprint density at radius 1 is 1.11 bits per heavy atom. The zero-order chi connectivity index (χ0) is 19.9. The Morgan fingerprint density at radius 3 is 2.43 bits per heavy atom. The largest absolute Gasteiger partial charge is 0.459 e. The van der Waals surface area contributed by atoms with Crippen LogP contribution in [0.4, 0.5) is 5.69 Å². The molecular weight excluding hydrogens is 354 g/mol. The van der Waals surface area contributed by atoms with Gasteiger partial charge in [-0.2, -0.15) is 5.10 Å². The highest BCUT2D eigenvalue weighted by Gasteiger charge is 2.60. The van der Waals surface area contributed by atoms with Crippen LogP contribution < -0.4 is 10.7 Å². The van der Waals surface area contributed by atoms with Crippen LogP contribution in [-0.4, -0.2) is 17.5 Å². The minimum absolute atomic E-state index is 0.0605. The van der Waals surface area contributed by atoms with Gasteiger partial charge in [-0.05, 0) is 67.0 Å². The Labute approximate surface area is 164 Å². The molecule has 0 saturated heterocycles. The number of furan rings is 1. The Balaban J connectivity index is 1.40. The molecule has 0 aliphatic heterocycles. The first kappa shape index (κ1) is 18.5. The van der Waals surface area contributed by atoms with Crippen LogP contribution in [0.2, 0.25) is 0 Å². The van der Waals surface area contributed by atoms with Crippen LogP contribution >= 0.6 is 0 Å². The van der Waals surface area contributed by atoms with Crippen molar-refractivity contribution >= 4 is 23.2 Å². The maximum Gasteiger partial charge on any atom is 0.291 e. The Bertz CT molecular complexity index is 928. The highest BCUT2D eigenvalue weighted by molar-refractivity contribution is 6.03. The molecule has 2 fully saturated rings. The van der Waals surface area contributed by atoms with Gasteiger partial charge in [-0.3, -0.25) is 9.59 Å². The quantitative estimate of drug-likeness (QED) is 0.769. The van der Waals surface area contributed by atoms with E-state index in [0.717, 1.165) is 18.6 Å². The Morgan fingerprint density at radius 2 is 1.86 bits per heavy atom. The molecule has 0 unspecified atom stereocenters. The Hall–Kier alpha value is -2.89. The number of carbonyl (C=O) groups is 2. The summed E-state index contributed by atoms with van der Waals surface area (Å²) >= 11 is 0. The predicted molar refractivity (Wildman–Crippen MR) is 107 cm³/mol. The van der Waals surface area contributed by atoms with E-state index in [9.17, 15) is 9.59 Å². The first-order valence-electron chi connectivity index (χ1n) is 9.63. The van der Waals surface area contributed by atoms with E-state index < -0.39 is 0 Å². The number of anilines is 1. The highest BCUT2D eigenvalue weighted by Crippen LogP contribution is 2.63. The van der Waals surface area contributed by atoms with E-state index in [1.807, 2.05) is 0 Å². The molecule has 6 nitrogen and oxygen atoms in total. The van der Waals surface area contributed by atoms with Gasteiger partial charge in [0, 0.05) is 22.4 Å². The number of hydrogen-bond donors (Lipinski definition) is 2. The summed E-state index contributed by atoms with van der Waals surface area (Å²) in [6.07, 6.45) is 4.77. The van der Waals surface area contributed by atoms with E-state index in [1.165, 1.54) is 12.7 Å². The summed E-state index contributed by atoms with van der Waals surface area (Å²) in [6, 6.07) is 9.95. The van der Waals surface area contributed by atoms with Gasteiger partial charge >= 0.3 is 0 Å². The number of hydrogen-bond acceptors (Lipinski definition) is 4. The molecule has 1 aromatic heterocycles. The molecule has 1 aromatic carbocycles. The third-order valence-corrected chi connectivity index (χ3v) is 6.95. The smallest absolute Gasteiger partial charge is 0.291 e. The molecule has 2 amide bonds. The van der Waals surface area contributed by atoms with Gasteiger partial charge in [0.05, 0.1) is 6.26 Å². The molecule has 2 aliphatic carbocycles. The van der Waals surface area contributed by atoms with Crippen molar-refractivity contribution in [3.8, 4) is 0 Å². The minimum Gasteiger partial charge on any atom is -0.459 e. The van der Waals surface area contributed by atoms with Gasteiger partial charge in [0.2, 0.25) is 0 Å². The number of rotatable bonds is 4. The monoisotopic (exact) mass is 379 g/mol. The van der Waals surface area contributed by atoms with Crippen molar-refractivity contribution in [3.05, 3.63) is 54.0 Å². The third-order valence-electron chi connectivity index (χ3n) is 6.95. The van der Waals surface area contributed by atoms with Crippen LogP contribution in [0.5, 0.6) is 0 Å². The molecule has 28 heavy (non-hydrogen) atoms. The standard InChI is InChI=1S/C22H25N3O3/c1-21(2)15-10-11-22(21,3)18(13-15)24-25-19(26)14-6-8-16(9-7-14)23-20(27)17-5-4-12-28-17/h4-9,12,15H,10-11,13H2,1-3H3,(H,23,27)(H,25,26)/b24-18+/t15-,22-/m0/s1. The molecule has 2 aromatic rings. The second-order valence-electron chi connectivity index (χ2n) is 8.50. The average Bonchev–Trinajstić information content (AvgIpc) is 3.33. The number of carbonyl (C=O) groups excluding carboxylic acids is 2. The summed E-state index contributed by atoms with van der Waals surface area (Å²) in [5.74, 6) is 0.298. The lowest BCUT2D eigenvalue weighted by molar-refractivity contribution is 0.0953. The lowest BCUT2D eigenvalue weighted by Gasteiger charge is -2.34. The van der Waals surface area contributed by atoms with Crippen LogP contribution in [0.1, 0.15) is 60.9 Å². The second kappa shape index (κ2) is 6.62. The maximum atomic E-state index is 12.5. The average molecular weight is 379 g/mol. The lowest BCUT2D eigenvalue weighted by Crippen LogP contribution is -2.34. The number of nitrogens with one attached hydrogen (secondary N) is 2. The summed E-state index contributed by atoms with van der Waals surface area (Å²) in [5.41, 5.74) is 5.19. The molecule has 1 heterocycles. The molecule has 0 spiro atoms. The number of amides is 2. The molecule has 2 atom stereocenters. The predicted octanol–water partition coefficient (Wildman–Crippen LogP) is 4.46. The second-order valence-corrected chi connectivity index (χ2v) is 8.50. The van der Waals surface area contributed by atoms with Gasteiger partial charge in [-0.1, -0.05) is 20.8 Å². The fraction of sp³-hybridized carbons (Fsp3) is 0.409. The first-order valence-corrected chi connectivity index (χ1v) is 9.63. The number of hydrazone groups is 1. The van der Waals surface area contributed by atoms with E-state index in [1.54, 1.807) is 36.4 Å². The maximum absolute atomic E-state index is 12.5. The van der Waals surface area contributed by atoms with Gasteiger partial charge in [-0.15, -0.1) is 0 Å². The van der Waals surface area contributed by atoms with Crippen LogP contribution in [0.25, 0.3) is 0 Å². The molecule has 146 valence electrons. The zero-order valence-corrected chi connectivity index (χ0v) is 16.4. The zero-order valence-electron chi connectivity index (χ0n) is 16.4. The van der Waals surface area contributed by atoms with E-state index >= 15 is 0 Å². The van der Waals surface area contributed by atoms with Crippen molar-refractivity contribution in [2.75, 3.05) is 5.32 Å². The molecule has 4 rings (SSSR count). The molecular formula is C22H25N3O3. The number of nitrogens with zero attached hydrogens (tertiary/aromatic N) is 1. The molecule has 2 N–H and O–H groups in total. The van der Waals surface area contributed by atoms with Crippen molar-refractivity contribution in [2.45, 2.75) is 40.0 Å². The topological polar surface area (TPSA) is 83.7 Å². The fourth-order valence-electron chi connectivity index (χ4n) is 4.59. The minimum atomic E-state index is -0.333. The molecule has 6 heteroatoms.